The van der Waals surface area contributed by atoms with Crippen LogP contribution in [-0.2, 0) is 19.0 Å². The summed E-state index contributed by atoms with van der Waals surface area (Å²) in [6.45, 7) is 6.45. The molecule has 1 saturated heterocycles. The topological polar surface area (TPSA) is 85.2 Å². The van der Waals surface area contributed by atoms with Gasteiger partial charge in [-0.15, -0.1) is 0 Å². The molecule has 0 saturated carbocycles. The van der Waals surface area contributed by atoms with Crippen molar-refractivity contribution in [2.75, 3.05) is 6.61 Å². The van der Waals surface area contributed by atoms with E-state index in [-0.39, 0.29) is 5.97 Å². The van der Waals surface area contributed by atoms with E-state index in [1.54, 1.807) is 6.92 Å². The van der Waals surface area contributed by atoms with Gasteiger partial charge in [0.05, 0.1) is 6.10 Å². The monoisotopic (exact) mass is 374 g/mol. The maximum Gasteiger partial charge on any atom is 0.306 e. The van der Waals surface area contributed by atoms with E-state index in [2.05, 4.69) is 13.8 Å². The van der Waals surface area contributed by atoms with E-state index < -0.39 is 30.7 Å². The van der Waals surface area contributed by atoms with Gasteiger partial charge in [0.2, 0.25) is 0 Å². The molecule has 2 N–H and O–H groups in total. The number of esters is 1. The van der Waals surface area contributed by atoms with Gasteiger partial charge in [0, 0.05) is 13.0 Å². The Balaban J connectivity index is 2.32. The van der Waals surface area contributed by atoms with Crippen LogP contribution < -0.4 is 0 Å². The van der Waals surface area contributed by atoms with Gasteiger partial charge in [-0.05, 0) is 19.8 Å². The van der Waals surface area contributed by atoms with Crippen molar-refractivity contribution >= 4 is 5.97 Å². The van der Waals surface area contributed by atoms with Crippen molar-refractivity contribution in [1.29, 1.82) is 0 Å². The first-order valence-corrected chi connectivity index (χ1v) is 10.3. The highest BCUT2D eigenvalue weighted by Crippen LogP contribution is 2.25. The summed E-state index contributed by atoms with van der Waals surface area (Å²) in [5, 5.41) is 20.5. The fourth-order valence-electron chi connectivity index (χ4n) is 3.12. The Hall–Kier alpha value is -0.690. The van der Waals surface area contributed by atoms with Crippen molar-refractivity contribution in [1.82, 2.24) is 0 Å². The molecule has 0 bridgehead atoms. The van der Waals surface area contributed by atoms with Crippen LogP contribution in [0.4, 0.5) is 0 Å². The van der Waals surface area contributed by atoms with Gasteiger partial charge >= 0.3 is 5.97 Å². The smallest absolute Gasteiger partial charge is 0.306 e. The molecule has 0 amide bonds. The fourth-order valence-corrected chi connectivity index (χ4v) is 3.12. The normalized spacial score (nSPS) is 28.9. The minimum atomic E-state index is -1.22. The summed E-state index contributed by atoms with van der Waals surface area (Å²) >= 11 is 0. The second-order valence-corrected chi connectivity index (χ2v) is 7.24. The second-order valence-electron chi connectivity index (χ2n) is 7.24. The van der Waals surface area contributed by atoms with E-state index in [9.17, 15) is 15.0 Å². The summed E-state index contributed by atoms with van der Waals surface area (Å²) in [5.74, 6) is -0.364. The highest BCUT2D eigenvalue weighted by molar-refractivity contribution is 5.69. The Bertz CT molecular complexity index is 375. The maximum atomic E-state index is 11.9. The molecule has 0 unspecified atom stereocenters. The van der Waals surface area contributed by atoms with Crippen LogP contribution >= 0.6 is 0 Å². The molecule has 0 spiro atoms. The van der Waals surface area contributed by atoms with Crippen molar-refractivity contribution in [3.8, 4) is 0 Å². The van der Waals surface area contributed by atoms with E-state index in [1.807, 2.05) is 0 Å². The molecule has 26 heavy (non-hydrogen) atoms. The molecule has 0 radical (unpaired) electrons. The lowest BCUT2D eigenvalue weighted by atomic mass is 9.99. The molecule has 1 fully saturated rings. The maximum absolute atomic E-state index is 11.9. The highest BCUT2D eigenvalue weighted by atomic mass is 16.7. The van der Waals surface area contributed by atoms with E-state index in [4.69, 9.17) is 14.2 Å². The lowest BCUT2D eigenvalue weighted by Crippen LogP contribution is -2.58. The third-order valence-electron chi connectivity index (χ3n) is 4.81. The van der Waals surface area contributed by atoms with Gasteiger partial charge in [-0.25, -0.2) is 0 Å². The first kappa shape index (κ1) is 23.3. The predicted octanol–water partition coefficient (Wildman–Crippen LogP) is 3.32. The van der Waals surface area contributed by atoms with Crippen LogP contribution in [0, 0.1) is 0 Å². The summed E-state index contributed by atoms with van der Waals surface area (Å²) < 4.78 is 16.6. The number of hydrogen-bond acceptors (Lipinski definition) is 6. The van der Waals surface area contributed by atoms with Crippen LogP contribution in [0.15, 0.2) is 0 Å². The zero-order chi connectivity index (χ0) is 19.4. The standard InChI is InChI=1S/C20H38O6/c1-4-6-8-9-10-12-14-24-20-18(23)17(22)19(15(3)25-20)26-16(21)13-11-7-5-2/h15,17-20,22-23H,4-14H2,1-3H3/t15-,17-,18+,19-,20+/m0/s1. The average molecular weight is 375 g/mol. The van der Waals surface area contributed by atoms with Crippen molar-refractivity contribution in [2.45, 2.75) is 116 Å². The molecule has 1 aliphatic heterocycles. The molecule has 1 heterocycles. The van der Waals surface area contributed by atoms with Crippen molar-refractivity contribution in [3.05, 3.63) is 0 Å². The minimum absolute atomic E-state index is 0.317. The van der Waals surface area contributed by atoms with Gasteiger partial charge in [-0.1, -0.05) is 58.8 Å². The highest BCUT2D eigenvalue weighted by Gasteiger charge is 2.45. The van der Waals surface area contributed by atoms with Crippen LogP contribution in [0.1, 0.15) is 85.0 Å². The Kier molecular flexibility index (Phi) is 12.1. The van der Waals surface area contributed by atoms with Gasteiger partial charge < -0.3 is 24.4 Å². The van der Waals surface area contributed by atoms with Gasteiger partial charge in [0.1, 0.15) is 12.2 Å². The first-order valence-electron chi connectivity index (χ1n) is 10.3. The largest absolute Gasteiger partial charge is 0.457 e. The predicted molar refractivity (Wildman–Crippen MR) is 99.7 cm³/mol. The first-order chi connectivity index (χ1) is 12.5. The second kappa shape index (κ2) is 13.5. The van der Waals surface area contributed by atoms with Crippen LogP contribution in [0.5, 0.6) is 0 Å². The van der Waals surface area contributed by atoms with E-state index in [1.165, 1.54) is 25.7 Å². The zero-order valence-electron chi connectivity index (χ0n) is 16.7. The van der Waals surface area contributed by atoms with Crippen LogP contribution in [0.25, 0.3) is 0 Å². The van der Waals surface area contributed by atoms with Crippen molar-refractivity contribution in [3.63, 3.8) is 0 Å². The molecular weight excluding hydrogens is 336 g/mol. The number of carbonyl (C=O) groups excluding carboxylic acids is 1. The van der Waals surface area contributed by atoms with Gasteiger partial charge in [-0.3, -0.25) is 4.79 Å². The number of ether oxygens (including phenoxy) is 3. The van der Waals surface area contributed by atoms with E-state index >= 15 is 0 Å². The van der Waals surface area contributed by atoms with Crippen molar-refractivity contribution in [2.24, 2.45) is 0 Å². The molecule has 1 aliphatic rings. The average Bonchev–Trinajstić information content (AvgIpc) is 2.62. The van der Waals surface area contributed by atoms with Crippen LogP contribution in [-0.4, -0.2) is 53.5 Å². The lowest BCUT2D eigenvalue weighted by Gasteiger charge is -2.40. The zero-order valence-corrected chi connectivity index (χ0v) is 16.7. The summed E-state index contributed by atoms with van der Waals surface area (Å²) in [4.78, 5) is 11.9. The third-order valence-corrected chi connectivity index (χ3v) is 4.81. The molecule has 154 valence electrons. The van der Waals surface area contributed by atoms with Crippen LogP contribution in [0.3, 0.4) is 0 Å². The van der Waals surface area contributed by atoms with Crippen LogP contribution in [0.2, 0.25) is 0 Å². The Morgan fingerprint density at radius 2 is 1.54 bits per heavy atom. The van der Waals surface area contributed by atoms with E-state index in [0.717, 1.165) is 32.1 Å². The molecule has 1 rings (SSSR count). The summed E-state index contributed by atoms with van der Waals surface area (Å²) in [7, 11) is 0. The summed E-state index contributed by atoms with van der Waals surface area (Å²) in [6.07, 6.45) is 5.24. The fraction of sp³-hybridized carbons (Fsp3) is 0.950. The van der Waals surface area contributed by atoms with Crippen molar-refractivity contribution < 1.29 is 29.2 Å². The number of hydrogen-bond donors (Lipinski definition) is 2. The molecular formula is C20H38O6. The van der Waals surface area contributed by atoms with Gasteiger partial charge in [0.15, 0.2) is 12.4 Å². The Morgan fingerprint density at radius 1 is 0.923 bits per heavy atom. The number of aliphatic hydroxyl groups is 2. The number of aliphatic hydroxyl groups excluding tert-OH is 2. The van der Waals surface area contributed by atoms with Gasteiger partial charge in [-0.2, -0.15) is 0 Å². The molecule has 6 nitrogen and oxygen atoms in total. The Morgan fingerprint density at radius 3 is 2.23 bits per heavy atom. The molecule has 0 aromatic heterocycles. The molecule has 6 heteroatoms. The SMILES string of the molecule is CCCCCCCCO[C@@H]1O[C@@H](C)[C@H](OC(=O)CCCCC)[C@@H](O)[C@H]1O. The summed E-state index contributed by atoms with van der Waals surface area (Å²) in [6, 6.07) is 0. The quantitative estimate of drug-likeness (QED) is 0.380. The molecule has 0 aromatic rings. The molecule has 0 aromatic carbocycles. The third kappa shape index (κ3) is 8.33. The van der Waals surface area contributed by atoms with Gasteiger partial charge in [0.25, 0.3) is 0 Å². The van der Waals surface area contributed by atoms with E-state index in [0.29, 0.717) is 13.0 Å². The molecule has 0 aliphatic carbocycles. The lowest BCUT2D eigenvalue weighted by molar-refractivity contribution is -0.295. The number of unbranched alkanes of at least 4 members (excludes halogenated alkanes) is 7. The summed E-state index contributed by atoms with van der Waals surface area (Å²) in [5.41, 5.74) is 0. The molecule has 5 atom stereocenters. The number of rotatable bonds is 13. The number of carbonyl (C=O) groups is 1. The minimum Gasteiger partial charge on any atom is -0.457 e. The Labute approximate surface area is 158 Å².